The Bertz CT molecular complexity index is 574. The molecular weight excluding hydrogens is 234 g/mol. The third-order valence-corrected chi connectivity index (χ3v) is 2.67. The van der Waals surface area contributed by atoms with Crippen molar-refractivity contribution >= 4 is 5.97 Å². The van der Waals surface area contributed by atoms with E-state index < -0.39 is 5.97 Å². The Kier molecular flexibility index (Phi) is 3.34. The van der Waals surface area contributed by atoms with Crippen LogP contribution in [0.2, 0.25) is 0 Å². The number of esters is 1. The molecule has 0 unspecified atom stereocenters. The lowest BCUT2D eigenvalue weighted by Crippen LogP contribution is -2.05. The fourth-order valence-electron chi connectivity index (χ4n) is 1.78. The van der Waals surface area contributed by atoms with Gasteiger partial charge >= 0.3 is 5.97 Å². The Morgan fingerprint density at radius 2 is 2.11 bits per heavy atom. The Labute approximate surface area is 104 Å². The van der Waals surface area contributed by atoms with E-state index in [0.717, 1.165) is 0 Å². The second kappa shape index (κ2) is 4.93. The van der Waals surface area contributed by atoms with E-state index in [1.165, 1.54) is 13.2 Å². The number of aromatic hydroxyl groups is 1. The van der Waals surface area contributed by atoms with Gasteiger partial charge in [0.2, 0.25) is 0 Å². The minimum absolute atomic E-state index is 0.0904. The molecule has 2 rings (SSSR count). The quantitative estimate of drug-likeness (QED) is 0.805. The molecule has 0 radical (unpaired) electrons. The number of ether oxygens (including phenoxy) is 1. The second-order valence-corrected chi connectivity index (χ2v) is 3.69. The number of phenols is 1. The van der Waals surface area contributed by atoms with Gasteiger partial charge in [0.25, 0.3) is 0 Å². The molecular formula is C13H13NO4. The molecule has 0 aliphatic carbocycles. The monoisotopic (exact) mass is 247 g/mol. The van der Waals surface area contributed by atoms with Gasteiger partial charge in [-0.25, -0.2) is 4.79 Å². The van der Waals surface area contributed by atoms with Crippen molar-refractivity contribution in [1.82, 2.24) is 4.57 Å². The van der Waals surface area contributed by atoms with Crippen molar-refractivity contribution in [2.75, 3.05) is 7.11 Å². The summed E-state index contributed by atoms with van der Waals surface area (Å²) in [6.45, 7) is -0.158. The number of carbonyl (C=O) groups excluding carboxylic acids is 1. The largest absolute Gasteiger partial charge is 0.505 e. The molecule has 0 fully saturated rings. The molecule has 0 aliphatic rings. The van der Waals surface area contributed by atoms with E-state index in [1.807, 2.05) is 0 Å². The number of hydrogen-bond acceptors (Lipinski definition) is 4. The highest BCUT2D eigenvalue weighted by molar-refractivity contribution is 5.93. The van der Waals surface area contributed by atoms with Crippen molar-refractivity contribution in [2.45, 2.75) is 6.61 Å². The van der Waals surface area contributed by atoms with Gasteiger partial charge in [-0.05, 0) is 24.3 Å². The molecule has 0 bridgehead atoms. The predicted octanol–water partition coefficient (Wildman–Crippen LogP) is 1.46. The predicted molar refractivity (Wildman–Crippen MR) is 64.7 cm³/mol. The molecule has 1 aromatic carbocycles. The Balaban J connectivity index is 2.56. The van der Waals surface area contributed by atoms with E-state index in [2.05, 4.69) is 4.74 Å². The van der Waals surface area contributed by atoms with Crippen LogP contribution in [0.15, 0.2) is 36.5 Å². The highest BCUT2D eigenvalue weighted by Crippen LogP contribution is 2.28. The number of para-hydroxylation sites is 1. The first-order chi connectivity index (χ1) is 8.69. The van der Waals surface area contributed by atoms with Crippen LogP contribution in [0.25, 0.3) is 5.69 Å². The number of aromatic nitrogens is 1. The van der Waals surface area contributed by atoms with Gasteiger partial charge in [-0.1, -0.05) is 6.07 Å². The molecule has 5 nitrogen and oxygen atoms in total. The lowest BCUT2D eigenvalue weighted by Gasteiger charge is -2.11. The van der Waals surface area contributed by atoms with Crippen molar-refractivity contribution < 1.29 is 19.7 Å². The van der Waals surface area contributed by atoms with Gasteiger partial charge in [-0.15, -0.1) is 0 Å². The van der Waals surface area contributed by atoms with Gasteiger partial charge in [-0.3, -0.25) is 0 Å². The molecule has 2 aromatic rings. The first kappa shape index (κ1) is 12.2. The molecule has 0 spiro atoms. The summed E-state index contributed by atoms with van der Waals surface area (Å²) in [6, 6.07) is 8.25. The first-order valence-corrected chi connectivity index (χ1v) is 5.36. The third kappa shape index (κ3) is 1.96. The fraction of sp³-hybridized carbons (Fsp3) is 0.154. The summed E-state index contributed by atoms with van der Waals surface area (Å²) in [4.78, 5) is 11.5. The summed E-state index contributed by atoms with van der Waals surface area (Å²) in [5.74, 6) is -0.776. The number of methoxy groups -OCH3 is 1. The molecule has 1 heterocycles. The summed E-state index contributed by atoms with van der Waals surface area (Å²) in [5.41, 5.74) is 1.13. The average Bonchev–Trinajstić information content (AvgIpc) is 2.86. The Hall–Kier alpha value is -2.27. The molecule has 18 heavy (non-hydrogen) atoms. The molecule has 0 atom stereocenters. The lowest BCUT2D eigenvalue weighted by molar-refractivity contribution is 0.0597. The Morgan fingerprint density at radius 1 is 1.33 bits per heavy atom. The number of aliphatic hydroxyl groups is 1. The van der Waals surface area contributed by atoms with Crippen LogP contribution in [0.1, 0.15) is 16.1 Å². The van der Waals surface area contributed by atoms with Crippen molar-refractivity contribution in [3.05, 3.63) is 47.8 Å². The average molecular weight is 247 g/mol. The topological polar surface area (TPSA) is 71.7 Å². The van der Waals surface area contributed by atoms with Gasteiger partial charge in [-0.2, -0.15) is 0 Å². The molecule has 2 N–H and O–H groups in total. The number of aliphatic hydroxyl groups excluding tert-OH is 1. The normalized spacial score (nSPS) is 10.3. The van der Waals surface area contributed by atoms with Gasteiger partial charge in [0.15, 0.2) is 5.75 Å². The van der Waals surface area contributed by atoms with E-state index in [1.54, 1.807) is 35.0 Å². The smallest absolute Gasteiger partial charge is 0.341 e. The zero-order chi connectivity index (χ0) is 13.1. The third-order valence-electron chi connectivity index (χ3n) is 2.67. The number of nitrogens with zero attached hydrogens (tertiary/aromatic N) is 1. The maximum absolute atomic E-state index is 11.5. The summed E-state index contributed by atoms with van der Waals surface area (Å²) in [5, 5.41) is 19.3. The van der Waals surface area contributed by atoms with E-state index in [0.29, 0.717) is 11.4 Å². The van der Waals surface area contributed by atoms with Crippen LogP contribution in [-0.2, 0) is 11.3 Å². The Morgan fingerprint density at radius 3 is 2.78 bits per heavy atom. The maximum Gasteiger partial charge on any atom is 0.341 e. The van der Waals surface area contributed by atoms with Crippen LogP contribution < -0.4 is 0 Å². The number of phenolic OH excluding ortho intramolecular Hbond substituents is 1. The minimum Gasteiger partial charge on any atom is -0.505 e. The molecule has 0 aliphatic heterocycles. The van der Waals surface area contributed by atoms with Crippen LogP contribution >= 0.6 is 0 Å². The number of rotatable bonds is 3. The van der Waals surface area contributed by atoms with Crippen LogP contribution in [-0.4, -0.2) is 27.9 Å². The standard InChI is InChI=1S/C13H13NO4/c1-18-13(17)10-5-2-6-11(12(10)16)14-7-3-4-9(14)8-15/h2-7,15-16H,8H2,1H3. The number of hydrogen-bond donors (Lipinski definition) is 2. The minimum atomic E-state index is -0.605. The van der Waals surface area contributed by atoms with Crippen LogP contribution in [0, 0.1) is 0 Å². The van der Waals surface area contributed by atoms with E-state index >= 15 is 0 Å². The molecule has 5 heteroatoms. The second-order valence-electron chi connectivity index (χ2n) is 3.69. The number of benzene rings is 1. The van der Waals surface area contributed by atoms with Crippen LogP contribution in [0.5, 0.6) is 5.75 Å². The van der Waals surface area contributed by atoms with E-state index in [4.69, 9.17) is 0 Å². The summed E-state index contributed by atoms with van der Waals surface area (Å²) >= 11 is 0. The van der Waals surface area contributed by atoms with Crippen LogP contribution in [0.4, 0.5) is 0 Å². The molecule has 1 aromatic heterocycles. The number of carbonyl (C=O) groups is 1. The van der Waals surface area contributed by atoms with Gasteiger partial charge < -0.3 is 19.5 Å². The SMILES string of the molecule is COC(=O)c1cccc(-n2cccc2CO)c1O. The van der Waals surface area contributed by atoms with Gasteiger partial charge in [0, 0.05) is 11.9 Å². The zero-order valence-electron chi connectivity index (χ0n) is 9.83. The van der Waals surface area contributed by atoms with Gasteiger partial charge in [0.05, 0.1) is 19.4 Å². The highest BCUT2D eigenvalue weighted by Gasteiger charge is 2.16. The van der Waals surface area contributed by atoms with Crippen molar-refractivity contribution in [1.29, 1.82) is 0 Å². The summed E-state index contributed by atoms with van der Waals surface area (Å²) in [7, 11) is 1.25. The lowest BCUT2D eigenvalue weighted by atomic mass is 10.1. The maximum atomic E-state index is 11.5. The molecule has 94 valence electrons. The fourth-order valence-corrected chi connectivity index (χ4v) is 1.78. The van der Waals surface area contributed by atoms with Crippen molar-refractivity contribution in [3.8, 4) is 11.4 Å². The zero-order valence-corrected chi connectivity index (χ0v) is 9.83. The summed E-state index contributed by atoms with van der Waals surface area (Å²) in [6.07, 6.45) is 1.70. The van der Waals surface area contributed by atoms with Crippen LogP contribution in [0.3, 0.4) is 0 Å². The summed E-state index contributed by atoms with van der Waals surface area (Å²) < 4.78 is 6.20. The van der Waals surface area contributed by atoms with E-state index in [9.17, 15) is 15.0 Å². The van der Waals surface area contributed by atoms with Crippen molar-refractivity contribution in [2.24, 2.45) is 0 Å². The molecule has 0 saturated heterocycles. The molecule has 0 amide bonds. The first-order valence-electron chi connectivity index (χ1n) is 5.36. The van der Waals surface area contributed by atoms with E-state index in [-0.39, 0.29) is 17.9 Å². The van der Waals surface area contributed by atoms with Crippen molar-refractivity contribution in [3.63, 3.8) is 0 Å². The molecule has 0 saturated carbocycles. The highest BCUT2D eigenvalue weighted by atomic mass is 16.5. The van der Waals surface area contributed by atoms with Gasteiger partial charge in [0.1, 0.15) is 5.56 Å².